The molecule has 0 heterocycles. The van der Waals surface area contributed by atoms with Gasteiger partial charge in [0.1, 0.15) is 0 Å². The minimum absolute atomic E-state index is 0.0596. The molecular formula is C20H30N2O4. The maximum atomic E-state index is 12.7. The molecule has 1 aromatic carbocycles. The van der Waals surface area contributed by atoms with Crippen molar-refractivity contribution in [3.05, 3.63) is 35.9 Å². The number of rotatable bonds is 6. The summed E-state index contributed by atoms with van der Waals surface area (Å²) in [5.41, 5.74) is 0.379. The average molecular weight is 362 g/mol. The van der Waals surface area contributed by atoms with Crippen LogP contribution in [0.25, 0.3) is 0 Å². The molecule has 1 aromatic rings. The van der Waals surface area contributed by atoms with Crippen LogP contribution in [0.2, 0.25) is 0 Å². The summed E-state index contributed by atoms with van der Waals surface area (Å²) in [6.45, 7) is 10.8. The van der Waals surface area contributed by atoms with Gasteiger partial charge in [-0.3, -0.25) is 14.9 Å². The lowest BCUT2D eigenvalue weighted by Gasteiger charge is -2.24. The van der Waals surface area contributed by atoms with Crippen LogP contribution in [0.4, 0.5) is 4.79 Å². The molecule has 1 rings (SSSR count). The van der Waals surface area contributed by atoms with Gasteiger partial charge in [-0.15, -0.1) is 0 Å². The van der Waals surface area contributed by atoms with E-state index in [9.17, 15) is 14.4 Å². The molecule has 3 amide bonds. The first-order valence-electron chi connectivity index (χ1n) is 8.93. The van der Waals surface area contributed by atoms with E-state index in [4.69, 9.17) is 4.74 Å². The van der Waals surface area contributed by atoms with Crippen LogP contribution in [-0.4, -0.2) is 29.6 Å². The van der Waals surface area contributed by atoms with Crippen LogP contribution in [0.3, 0.4) is 0 Å². The number of esters is 1. The summed E-state index contributed by atoms with van der Waals surface area (Å²) < 4.78 is 5.35. The minimum Gasteiger partial charge on any atom is -0.452 e. The van der Waals surface area contributed by atoms with Gasteiger partial charge in [0.15, 0.2) is 6.10 Å². The standard InChI is InChI=1S/C20H30N2O4/c1-7-13(2)16(15-11-9-8-10-12-15)18(24)26-14(3)17(23)21-19(25)22-20(4,5)6/h8-14,16H,7H2,1-6H3,(H2,21,22,23,25)/t13-,14-,16+/m0/s1. The lowest BCUT2D eigenvalue weighted by atomic mass is 9.85. The van der Waals surface area contributed by atoms with Crippen LogP contribution >= 0.6 is 0 Å². The number of carbonyl (C=O) groups is 3. The average Bonchev–Trinajstić information content (AvgIpc) is 2.53. The predicted octanol–water partition coefficient (Wildman–Crippen LogP) is 3.37. The Morgan fingerprint density at radius 1 is 1.08 bits per heavy atom. The molecule has 0 fully saturated rings. The molecule has 0 aromatic heterocycles. The molecule has 0 saturated carbocycles. The van der Waals surface area contributed by atoms with Gasteiger partial charge in [-0.2, -0.15) is 0 Å². The number of amides is 3. The Labute approximate surface area is 155 Å². The zero-order chi connectivity index (χ0) is 19.9. The van der Waals surface area contributed by atoms with Crippen LogP contribution in [0.5, 0.6) is 0 Å². The summed E-state index contributed by atoms with van der Waals surface area (Å²) in [4.78, 5) is 36.6. The van der Waals surface area contributed by atoms with E-state index in [0.29, 0.717) is 0 Å². The number of imide groups is 1. The maximum Gasteiger partial charge on any atom is 0.321 e. The molecule has 0 unspecified atom stereocenters. The van der Waals surface area contributed by atoms with Crippen molar-refractivity contribution in [2.24, 2.45) is 5.92 Å². The summed E-state index contributed by atoms with van der Waals surface area (Å²) in [6, 6.07) is 8.74. The molecule has 26 heavy (non-hydrogen) atoms. The molecule has 0 bridgehead atoms. The lowest BCUT2D eigenvalue weighted by molar-refractivity contribution is -0.157. The number of hydrogen-bond donors (Lipinski definition) is 2. The minimum atomic E-state index is -1.07. The second kappa shape index (κ2) is 9.36. The first-order chi connectivity index (χ1) is 12.0. The number of carbonyl (C=O) groups excluding carboxylic acids is 3. The highest BCUT2D eigenvalue weighted by atomic mass is 16.5. The second-order valence-corrected chi connectivity index (χ2v) is 7.55. The van der Waals surface area contributed by atoms with Crippen molar-refractivity contribution >= 4 is 17.9 Å². The van der Waals surface area contributed by atoms with Gasteiger partial charge in [0.25, 0.3) is 5.91 Å². The summed E-state index contributed by atoms with van der Waals surface area (Å²) in [5.74, 6) is -1.52. The Morgan fingerprint density at radius 2 is 1.65 bits per heavy atom. The molecule has 0 aliphatic carbocycles. The monoisotopic (exact) mass is 362 g/mol. The van der Waals surface area contributed by atoms with Gasteiger partial charge >= 0.3 is 12.0 Å². The molecule has 6 heteroatoms. The Morgan fingerprint density at radius 3 is 2.15 bits per heavy atom. The van der Waals surface area contributed by atoms with Crippen molar-refractivity contribution in [3.8, 4) is 0 Å². The molecule has 6 nitrogen and oxygen atoms in total. The van der Waals surface area contributed by atoms with Crippen LogP contribution in [0, 0.1) is 5.92 Å². The van der Waals surface area contributed by atoms with Crippen LogP contribution < -0.4 is 10.6 Å². The van der Waals surface area contributed by atoms with Gasteiger partial charge in [0, 0.05) is 5.54 Å². The molecule has 144 valence electrons. The molecular weight excluding hydrogens is 332 g/mol. The van der Waals surface area contributed by atoms with Crippen molar-refractivity contribution in [3.63, 3.8) is 0 Å². The summed E-state index contributed by atoms with van der Waals surface area (Å²) in [7, 11) is 0. The second-order valence-electron chi connectivity index (χ2n) is 7.55. The van der Waals surface area contributed by atoms with E-state index in [0.717, 1.165) is 12.0 Å². The highest BCUT2D eigenvalue weighted by Crippen LogP contribution is 2.28. The third kappa shape index (κ3) is 6.86. The molecule has 0 radical (unpaired) electrons. The van der Waals surface area contributed by atoms with Gasteiger partial charge in [-0.25, -0.2) is 4.79 Å². The molecule has 0 aliphatic rings. The lowest BCUT2D eigenvalue weighted by Crippen LogP contribution is -2.50. The highest BCUT2D eigenvalue weighted by molar-refractivity contribution is 5.97. The van der Waals surface area contributed by atoms with E-state index in [2.05, 4.69) is 10.6 Å². The fraction of sp³-hybridized carbons (Fsp3) is 0.550. The number of nitrogens with one attached hydrogen (secondary N) is 2. The number of benzene rings is 1. The Hall–Kier alpha value is -2.37. The number of urea groups is 1. The fourth-order valence-corrected chi connectivity index (χ4v) is 2.48. The van der Waals surface area contributed by atoms with Crippen LogP contribution in [0.15, 0.2) is 30.3 Å². The van der Waals surface area contributed by atoms with E-state index in [1.807, 2.05) is 44.2 Å². The van der Waals surface area contributed by atoms with E-state index in [-0.39, 0.29) is 5.92 Å². The topological polar surface area (TPSA) is 84.5 Å². The Kier molecular flexibility index (Phi) is 7.80. The van der Waals surface area contributed by atoms with Crippen molar-refractivity contribution in [1.29, 1.82) is 0 Å². The van der Waals surface area contributed by atoms with E-state index >= 15 is 0 Å². The van der Waals surface area contributed by atoms with Crippen molar-refractivity contribution in [2.45, 2.75) is 65.5 Å². The smallest absolute Gasteiger partial charge is 0.321 e. The van der Waals surface area contributed by atoms with Crippen molar-refractivity contribution in [1.82, 2.24) is 10.6 Å². The Bertz CT molecular complexity index is 622. The van der Waals surface area contributed by atoms with Gasteiger partial charge < -0.3 is 10.1 Å². The molecule has 2 N–H and O–H groups in total. The maximum absolute atomic E-state index is 12.7. The molecule has 0 aliphatic heterocycles. The fourth-order valence-electron chi connectivity index (χ4n) is 2.48. The quantitative estimate of drug-likeness (QED) is 0.760. The Balaban J connectivity index is 2.76. The zero-order valence-corrected chi connectivity index (χ0v) is 16.5. The van der Waals surface area contributed by atoms with Gasteiger partial charge in [-0.05, 0) is 39.2 Å². The largest absolute Gasteiger partial charge is 0.452 e. The third-order valence-electron chi connectivity index (χ3n) is 4.01. The third-order valence-corrected chi connectivity index (χ3v) is 4.01. The first-order valence-corrected chi connectivity index (χ1v) is 8.93. The summed E-state index contributed by atoms with van der Waals surface area (Å²) in [5, 5.41) is 4.82. The highest BCUT2D eigenvalue weighted by Gasteiger charge is 2.30. The van der Waals surface area contributed by atoms with E-state index in [1.165, 1.54) is 6.92 Å². The SMILES string of the molecule is CC[C@H](C)[C@@H](C(=O)O[C@@H](C)C(=O)NC(=O)NC(C)(C)C)c1ccccc1. The van der Waals surface area contributed by atoms with Gasteiger partial charge in [0.05, 0.1) is 5.92 Å². The van der Waals surface area contributed by atoms with Crippen molar-refractivity contribution < 1.29 is 19.1 Å². The normalized spacial score (nSPS) is 14.7. The van der Waals surface area contributed by atoms with E-state index < -0.39 is 35.5 Å². The van der Waals surface area contributed by atoms with Gasteiger partial charge in [-0.1, -0.05) is 50.6 Å². The molecule has 3 atom stereocenters. The number of ether oxygens (including phenoxy) is 1. The molecule has 0 spiro atoms. The van der Waals surface area contributed by atoms with Crippen LogP contribution in [-0.2, 0) is 14.3 Å². The summed E-state index contributed by atoms with van der Waals surface area (Å²) in [6.07, 6.45) is -0.271. The summed E-state index contributed by atoms with van der Waals surface area (Å²) >= 11 is 0. The van der Waals surface area contributed by atoms with Crippen LogP contribution in [0.1, 0.15) is 59.4 Å². The van der Waals surface area contributed by atoms with Crippen molar-refractivity contribution in [2.75, 3.05) is 0 Å². The van der Waals surface area contributed by atoms with E-state index in [1.54, 1.807) is 20.8 Å². The molecule has 0 saturated heterocycles. The van der Waals surface area contributed by atoms with Gasteiger partial charge in [0.2, 0.25) is 0 Å². The number of hydrogen-bond acceptors (Lipinski definition) is 4. The first kappa shape index (κ1) is 21.7. The predicted molar refractivity (Wildman–Crippen MR) is 101 cm³/mol. The zero-order valence-electron chi connectivity index (χ0n) is 16.5.